The highest BCUT2D eigenvalue weighted by atomic mass is 35.5. The number of carboxylic acids is 1. The first kappa shape index (κ1) is 18.1. The fraction of sp³-hybridized carbons (Fsp3) is 0.0625. The van der Waals surface area contributed by atoms with Crippen molar-refractivity contribution in [1.82, 2.24) is 0 Å². The van der Waals surface area contributed by atoms with Gasteiger partial charge in [0, 0.05) is 20.6 Å². The Balaban J connectivity index is 2.37. The Bertz CT molecular complexity index is 806. The van der Waals surface area contributed by atoms with Gasteiger partial charge in [0.25, 0.3) is 0 Å². The number of hydrogen-bond donors (Lipinski definition) is 2. The van der Waals surface area contributed by atoms with Gasteiger partial charge in [0.1, 0.15) is 6.21 Å². The monoisotopic (exact) mass is 381 g/mol. The second-order valence-electron chi connectivity index (χ2n) is 4.68. The van der Waals surface area contributed by atoms with Crippen molar-refractivity contribution < 1.29 is 9.90 Å². The molecule has 0 saturated heterocycles. The van der Waals surface area contributed by atoms with Crippen LogP contribution < -0.4 is 5.43 Å². The number of carboxylic acid groups (broad SMARTS) is 1. The lowest BCUT2D eigenvalue weighted by Crippen LogP contribution is -2.02. The molecule has 2 rings (SSSR count). The zero-order valence-electron chi connectivity index (χ0n) is 12.0. The average Bonchev–Trinajstić information content (AvgIpc) is 2.51. The topological polar surface area (TPSA) is 85.5 Å². The van der Waals surface area contributed by atoms with Crippen molar-refractivity contribution in [3.63, 3.8) is 0 Å². The van der Waals surface area contributed by atoms with E-state index in [9.17, 15) is 10.1 Å². The number of rotatable bonds is 5. The maximum absolute atomic E-state index is 10.4. The van der Waals surface area contributed by atoms with Gasteiger partial charge < -0.3 is 5.11 Å². The molecule has 2 aromatic rings. The first-order valence-corrected chi connectivity index (χ1v) is 7.71. The molecule has 0 spiro atoms. The first-order valence-electron chi connectivity index (χ1n) is 6.58. The maximum Gasteiger partial charge on any atom is 0.348 e. The van der Waals surface area contributed by atoms with Crippen LogP contribution in [0.5, 0.6) is 0 Å². The predicted octanol–water partition coefficient (Wildman–Crippen LogP) is 4.78. The second-order valence-corrected chi connectivity index (χ2v) is 5.93. The van der Waals surface area contributed by atoms with E-state index in [1.54, 1.807) is 24.3 Å². The van der Waals surface area contributed by atoms with E-state index in [0.717, 1.165) is 0 Å². The Kier molecular flexibility index (Phi) is 6.04. The molecule has 122 valence electrons. The number of hydrazone groups is 1. The van der Waals surface area contributed by atoms with Crippen molar-refractivity contribution in [3.05, 3.63) is 62.6 Å². The lowest BCUT2D eigenvalue weighted by Gasteiger charge is -2.15. The molecule has 0 aromatic heterocycles. The van der Waals surface area contributed by atoms with Crippen molar-refractivity contribution in [2.24, 2.45) is 5.10 Å². The number of benzene rings is 2. The van der Waals surface area contributed by atoms with E-state index in [4.69, 9.17) is 39.9 Å². The summed E-state index contributed by atoms with van der Waals surface area (Å²) in [6.07, 6.45) is 0.696. The van der Waals surface area contributed by atoms with Crippen LogP contribution in [-0.2, 0) is 4.79 Å². The summed E-state index contributed by atoms with van der Waals surface area (Å²) in [7, 11) is 0. The molecule has 0 radical (unpaired) electrons. The van der Waals surface area contributed by atoms with E-state index >= 15 is 0 Å². The van der Waals surface area contributed by atoms with Gasteiger partial charge in [-0.3, -0.25) is 5.43 Å². The molecule has 2 N–H and O–H groups in total. The lowest BCUT2D eigenvalue weighted by molar-refractivity contribution is -0.128. The first-order chi connectivity index (χ1) is 11.4. The number of anilines is 1. The van der Waals surface area contributed by atoms with E-state index in [2.05, 4.69) is 16.6 Å². The third-order valence-corrected chi connectivity index (χ3v) is 3.95. The summed E-state index contributed by atoms with van der Waals surface area (Å²) < 4.78 is 0. The van der Waals surface area contributed by atoms with Crippen LogP contribution in [0.4, 0.5) is 5.69 Å². The van der Waals surface area contributed by atoms with E-state index in [1.807, 2.05) is 0 Å². The standard InChI is InChI=1S/C16H10Cl3N3O2/c17-10-3-1-9(2-4-10)12(7-20)16-13(18)5-11(6-14(16)19)22-21-8-15(23)24/h1-6,8,12,22H,(H,23,24)/b21-8+. The minimum Gasteiger partial charge on any atom is -0.477 e. The number of hydrogen-bond acceptors (Lipinski definition) is 4. The van der Waals surface area contributed by atoms with Crippen LogP contribution in [0, 0.1) is 11.3 Å². The fourth-order valence-corrected chi connectivity index (χ4v) is 2.88. The highest BCUT2D eigenvalue weighted by Crippen LogP contribution is 2.38. The molecule has 0 aliphatic heterocycles. The van der Waals surface area contributed by atoms with Gasteiger partial charge >= 0.3 is 5.97 Å². The van der Waals surface area contributed by atoms with E-state index in [1.165, 1.54) is 12.1 Å². The SMILES string of the molecule is N#CC(c1ccc(Cl)cc1)c1c(Cl)cc(N/N=C/C(=O)O)cc1Cl. The summed E-state index contributed by atoms with van der Waals surface area (Å²) in [5.41, 5.74) is 4.07. The van der Waals surface area contributed by atoms with Crippen LogP contribution in [0.2, 0.25) is 15.1 Å². The van der Waals surface area contributed by atoms with Crippen molar-refractivity contribution in [3.8, 4) is 6.07 Å². The summed E-state index contributed by atoms with van der Waals surface area (Å²) in [6.45, 7) is 0. The molecule has 24 heavy (non-hydrogen) atoms. The molecule has 0 amide bonds. The van der Waals surface area contributed by atoms with Crippen LogP contribution in [0.15, 0.2) is 41.5 Å². The third kappa shape index (κ3) is 4.39. The van der Waals surface area contributed by atoms with E-state index in [0.29, 0.717) is 28.1 Å². The molecule has 2 aromatic carbocycles. The number of halogens is 3. The Labute approximate surface area is 153 Å². The van der Waals surface area contributed by atoms with Gasteiger partial charge in [-0.15, -0.1) is 0 Å². The third-order valence-electron chi connectivity index (χ3n) is 3.07. The van der Waals surface area contributed by atoms with Crippen LogP contribution >= 0.6 is 34.8 Å². The normalized spacial score (nSPS) is 11.9. The van der Waals surface area contributed by atoms with E-state index in [-0.39, 0.29) is 10.0 Å². The van der Waals surface area contributed by atoms with Crippen LogP contribution in [0.3, 0.4) is 0 Å². The molecule has 8 heteroatoms. The van der Waals surface area contributed by atoms with E-state index < -0.39 is 11.9 Å². The maximum atomic E-state index is 10.4. The molecule has 0 saturated carbocycles. The average molecular weight is 383 g/mol. The Morgan fingerprint density at radius 1 is 1.21 bits per heavy atom. The van der Waals surface area contributed by atoms with Crippen molar-refractivity contribution in [1.29, 1.82) is 5.26 Å². The fourth-order valence-electron chi connectivity index (χ4n) is 2.05. The minimum atomic E-state index is -1.19. The summed E-state index contributed by atoms with van der Waals surface area (Å²) >= 11 is 18.4. The number of nitrogens with one attached hydrogen (secondary N) is 1. The van der Waals surface area contributed by atoms with Gasteiger partial charge in [-0.25, -0.2) is 4.79 Å². The van der Waals surface area contributed by atoms with Crippen LogP contribution in [0.1, 0.15) is 17.0 Å². The summed E-state index contributed by atoms with van der Waals surface area (Å²) in [5.74, 6) is -1.86. The highest BCUT2D eigenvalue weighted by molar-refractivity contribution is 6.36. The highest BCUT2D eigenvalue weighted by Gasteiger charge is 2.20. The Morgan fingerprint density at radius 2 is 1.79 bits per heavy atom. The Morgan fingerprint density at radius 3 is 2.29 bits per heavy atom. The summed E-state index contributed by atoms with van der Waals surface area (Å²) in [6, 6.07) is 12.0. The molecule has 0 heterocycles. The number of nitriles is 1. The second kappa shape index (κ2) is 8.02. The van der Waals surface area contributed by atoms with Gasteiger partial charge in [-0.1, -0.05) is 46.9 Å². The number of carbonyl (C=O) groups is 1. The number of nitrogens with zero attached hydrogens (tertiary/aromatic N) is 2. The minimum absolute atomic E-state index is 0.261. The Hall–Kier alpha value is -2.26. The molecule has 0 bridgehead atoms. The molecule has 0 fully saturated rings. The molecular weight excluding hydrogens is 373 g/mol. The molecule has 5 nitrogen and oxygen atoms in total. The van der Waals surface area contributed by atoms with Crippen molar-refractivity contribution in [2.45, 2.75) is 5.92 Å². The van der Waals surface area contributed by atoms with Crippen LogP contribution in [0.25, 0.3) is 0 Å². The van der Waals surface area contributed by atoms with Gasteiger partial charge in [0.05, 0.1) is 17.7 Å². The number of aliphatic carboxylic acids is 1. The molecular formula is C16H10Cl3N3O2. The molecule has 0 aliphatic rings. The smallest absolute Gasteiger partial charge is 0.348 e. The van der Waals surface area contributed by atoms with Crippen LogP contribution in [-0.4, -0.2) is 17.3 Å². The molecule has 1 atom stereocenters. The predicted molar refractivity (Wildman–Crippen MR) is 95.1 cm³/mol. The molecule has 0 aliphatic carbocycles. The van der Waals surface area contributed by atoms with Gasteiger partial charge in [0.2, 0.25) is 0 Å². The summed E-state index contributed by atoms with van der Waals surface area (Å²) in [4.78, 5) is 10.4. The molecule has 1 unspecified atom stereocenters. The van der Waals surface area contributed by atoms with Gasteiger partial charge in [-0.2, -0.15) is 10.4 Å². The van der Waals surface area contributed by atoms with Crippen molar-refractivity contribution in [2.75, 3.05) is 5.43 Å². The van der Waals surface area contributed by atoms with Crippen molar-refractivity contribution >= 4 is 52.7 Å². The lowest BCUT2D eigenvalue weighted by atomic mass is 9.92. The zero-order chi connectivity index (χ0) is 17.7. The summed E-state index contributed by atoms with van der Waals surface area (Å²) in [5, 5.41) is 22.6. The quantitative estimate of drug-likeness (QED) is 0.575. The zero-order valence-corrected chi connectivity index (χ0v) is 14.3. The largest absolute Gasteiger partial charge is 0.477 e. The van der Waals surface area contributed by atoms with Gasteiger partial charge in [0.15, 0.2) is 0 Å². The van der Waals surface area contributed by atoms with Gasteiger partial charge in [-0.05, 0) is 29.8 Å².